The van der Waals surface area contributed by atoms with Gasteiger partial charge in [-0.1, -0.05) is 76.9 Å². The lowest BCUT2D eigenvalue weighted by molar-refractivity contribution is 0.129. The molecule has 1 aliphatic heterocycles. The Morgan fingerprint density at radius 2 is 1.55 bits per heavy atom. The molecule has 0 radical (unpaired) electrons. The molecular formula is C25H25Cl2N3O. The van der Waals surface area contributed by atoms with Crippen LogP contribution in [0.1, 0.15) is 11.1 Å². The van der Waals surface area contributed by atoms with E-state index in [1.54, 1.807) is 0 Å². The van der Waals surface area contributed by atoms with Gasteiger partial charge in [-0.05, 0) is 35.9 Å². The Balaban J connectivity index is 1.39. The van der Waals surface area contributed by atoms with Gasteiger partial charge in [0, 0.05) is 54.0 Å². The Kier molecular flexibility index (Phi) is 7.47. The van der Waals surface area contributed by atoms with Crippen LogP contribution in [0.15, 0.2) is 84.0 Å². The van der Waals surface area contributed by atoms with Crippen molar-refractivity contribution in [3.8, 4) is 0 Å². The zero-order valence-electron chi connectivity index (χ0n) is 17.3. The smallest absolute Gasteiger partial charge is 0.142 e. The van der Waals surface area contributed by atoms with Gasteiger partial charge in [0.15, 0.2) is 0 Å². The number of hydrogen-bond acceptors (Lipinski definition) is 4. The number of nitrogens with zero attached hydrogens (tertiary/aromatic N) is 3. The van der Waals surface area contributed by atoms with Crippen LogP contribution in [-0.2, 0) is 11.4 Å². The van der Waals surface area contributed by atoms with Gasteiger partial charge in [0.05, 0.1) is 0 Å². The molecule has 0 atom stereocenters. The van der Waals surface area contributed by atoms with E-state index in [4.69, 9.17) is 28.0 Å². The first-order valence-electron chi connectivity index (χ1n) is 10.4. The van der Waals surface area contributed by atoms with E-state index in [2.05, 4.69) is 33.2 Å². The minimum absolute atomic E-state index is 0.413. The molecule has 6 heteroatoms. The van der Waals surface area contributed by atoms with Crippen molar-refractivity contribution in [1.29, 1.82) is 0 Å². The summed E-state index contributed by atoms with van der Waals surface area (Å²) in [6.07, 6.45) is 0. The molecule has 0 aliphatic carbocycles. The van der Waals surface area contributed by atoms with Crippen LogP contribution in [-0.4, -0.2) is 43.3 Å². The van der Waals surface area contributed by atoms with Crippen molar-refractivity contribution in [1.82, 2.24) is 4.90 Å². The summed E-state index contributed by atoms with van der Waals surface area (Å²) in [6, 6.07) is 25.9. The molecule has 0 aromatic heterocycles. The molecule has 1 saturated heterocycles. The molecule has 1 heterocycles. The van der Waals surface area contributed by atoms with E-state index < -0.39 is 0 Å². The van der Waals surface area contributed by atoms with Crippen molar-refractivity contribution in [3.63, 3.8) is 0 Å². The molecule has 0 bridgehead atoms. The van der Waals surface area contributed by atoms with Gasteiger partial charge in [0.2, 0.25) is 0 Å². The van der Waals surface area contributed by atoms with Gasteiger partial charge in [-0.15, -0.1) is 0 Å². The summed E-state index contributed by atoms with van der Waals surface area (Å²) in [7, 11) is 0. The quantitative estimate of drug-likeness (QED) is 0.337. The normalized spacial score (nSPS) is 15.2. The standard InChI is InChI=1S/C25H25Cl2N3O/c26-22-11-9-20(10-12-22)19-31-28-25(21-5-2-1-3-6-21)18-29-13-15-30(16-14-29)24-8-4-7-23(27)17-24/h1-12,17H,13-16,18-19H2/b28-25-. The molecule has 0 saturated carbocycles. The molecule has 1 fully saturated rings. The van der Waals surface area contributed by atoms with Crippen LogP contribution >= 0.6 is 23.2 Å². The maximum Gasteiger partial charge on any atom is 0.142 e. The van der Waals surface area contributed by atoms with E-state index in [1.807, 2.05) is 60.7 Å². The number of halogens is 2. The molecule has 0 spiro atoms. The predicted molar refractivity (Wildman–Crippen MR) is 129 cm³/mol. The maximum atomic E-state index is 6.16. The Morgan fingerprint density at radius 1 is 0.806 bits per heavy atom. The van der Waals surface area contributed by atoms with Crippen LogP contribution in [0.4, 0.5) is 5.69 Å². The van der Waals surface area contributed by atoms with E-state index in [0.717, 1.165) is 54.6 Å². The maximum absolute atomic E-state index is 6.16. The summed E-state index contributed by atoms with van der Waals surface area (Å²) in [5.74, 6) is 0. The average Bonchev–Trinajstić information content (AvgIpc) is 2.81. The van der Waals surface area contributed by atoms with E-state index >= 15 is 0 Å². The van der Waals surface area contributed by atoms with Gasteiger partial charge in [-0.2, -0.15) is 0 Å². The number of oxime groups is 1. The second-order valence-corrected chi connectivity index (χ2v) is 8.42. The molecule has 3 aromatic carbocycles. The molecule has 160 valence electrons. The number of anilines is 1. The highest BCUT2D eigenvalue weighted by Gasteiger charge is 2.19. The predicted octanol–water partition coefficient (Wildman–Crippen LogP) is 5.74. The average molecular weight is 454 g/mol. The summed E-state index contributed by atoms with van der Waals surface area (Å²) < 4.78 is 0. The fraction of sp³-hybridized carbons (Fsp3) is 0.240. The Bertz CT molecular complexity index is 1000. The molecule has 4 nitrogen and oxygen atoms in total. The van der Waals surface area contributed by atoms with Crippen molar-refractivity contribution < 1.29 is 4.84 Å². The zero-order valence-corrected chi connectivity index (χ0v) is 18.8. The summed E-state index contributed by atoms with van der Waals surface area (Å²) in [5.41, 5.74) is 4.23. The van der Waals surface area contributed by atoms with Gasteiger partial charge in [-0.25, -0.2) is 0 Å². The fourth-order valence-electron chi connectivity index (χ4n) is 3.62. The van der Waals surface area contributed by atoms with Gasteiger partial charge in [0.25, 0.3) is 0 Å². The van der Waals surface area contributed by atoms with Crippen LogP contribution in [0.25, 0.3) is 0 Å². The van der Waals surface area contributed by atoms with Crippen molar-refractivity contribution in [2.75, 3.05) is 37.6 Å². The highest BCUT2D eigenvalue weighted by molar-refractivity contribution is 6.31. The lowest BCUT2D eigenvalue weighted by atomic mass is 10.1. The van der Waals surface area contributed by atoms with Crippen LogP contribution in [0, 0.1) is 0 Å². The first kappa shape index (κ1) is 21.7. The van der Waals surface area contributed by atoms with Crippen molar-refractivity contribution >= 4 is 34.6 Å². The summed E-state index contributed by atoms with van der Waals surface area (Å²) >= 11 is 12.1. The fourth-order valence-corrected chi connectivity index (χ4v) is 3.93. The number of rotatable bonds is 7. The second kappa shape index (κ2) is 10.7. The molecule has 4 rings (SSSR count). The van der Waals surface area contributed by atoms with E-state index in [-0.39, 0.29) is 0 Å². The van der Waals surface area contributed by atoms with E-state index in [9.17, 15) is 0 Å². The molecule has 3 aromatic rings. The molecule has 0 unspecified atom stereocenters. The first-order valence-corrected chi connectivity index (χ1v) is 11.1. The summed E-state index contributed by atoms with van der Waals surface area (Å²) in [4.78, 5) is 10.5. The number of piperazine rings is 1. The van der Waals surface area contributed by atoms with E-state index in [1.165, 1.54) is 5.69 Å². The number of hydrogen-bond donors (Lipinski definition) is 0. The van der Waals surface area contributed by atoms with Gasteiger partial charge >= 0.3 is 0 Å². The third-order valence-electron chi connectivity index (χ3n) is 5.35. The van der Waals surface area contributed by atoms with Crippen LogP contribution in [0.5, 0.6) is 0 Å². The minimum Gasteiger partial charge on any atom is -0.391 e. The van der Waals surface area contributed by atoms with Crippen molar-refractivity contribution in [2.45, 2.75) is 6.61 Å². The number of benzene rings is 3. The third-order valence-corrected chi connectivity index (χ3v) is 5.83. The molecule has 31 heavy (non-hydrogen) atoms. The molecule has 1 aliphatic rings. The SMILES string of the molecule is Clc1ccc(CO/N=C(/CN2CCN(c3cccc(Cl)c3)CC2)c2ccccc2)cc1. The molecular weight excluding hydrogens is 429 g/mol. The highest BCUT2D eigenvalue weighted by atomic mass is 35.5. The topological polar surface area (TPSA) is 28.1 Å². The molecule has 0 N–H and O–H groups in total. The van der Waals surface area contributed by atoms with Crippen molar-refractivity contribution in [3.05, 3.63) is 100 Å². The van der Waals surface area contributed by atoms with Gasteiger partial charge in [0.1, 0.15) is 12.3 Å². The lowest BCUT2D eigenvalue weighted by Gasteiger charge is -2.36. The van der Waals surface area contributed by atoms with Gasteiger partial charge in [-0.3, -0.25) is 4.90 Å². The van der Waals surface area contributed by atoms with Crippen LogP contribution in [0.3, 0.4) is 0 Å². The minimum atomic E-state index is 0.413. The van der Waals surface area contributed by atoms with Gasteiger partial charge < -0.3 is 9.74 Å². The van der Waals surface area contributed by atoms with Crippen molar-refractivity contribution in [2.24, 2.45) is 5.16 Å². The first-order chi connectivity index (χ1) is 15.2. The zero-order chi connectivity index (χ0) is 21.5. The Hall–Kier alpha value is -2.53. The lowest BCUT2D eigenvalue weighted by Crippen LogP contribution is -2.48. The largest absolute Gasteiger partial charge is 0.391 e. The highest BCUT2D eigenvalue weighted by Crippen LogP contribution is 2.21. The van der Waals surface area contributed by atoms with Crippen LogP contribution in [0.2, 0.25) is 10.0 Å². The molecule has 0 amide bonds. The third kappa shape index (κ3) is 6.23. The monoisotopic (exact) mass is 453 g/mol. The Morgan fingerprint density at radius 3 is 2.26 bits per heavy atom. The van der Waals surface area contributed by atoms with E-state index in [0.29, 0.717) is 11.6 Å². The summed E-state index contributed by atoms with van der Waals surface area (Å²) in [5, 5.41) is 6.00. The summed E-state index contributed by atoms with van der Waals surface area (Å²) in [6.45, 7) is 4.97. The second-order valence-electron chi connectivity index (χ2n) is 7.55. The van der Waals surface area contributed by atoms with Crippen LogP contribution < -0.4 is 4.90 Å². The Labute approximate surface area is 193 Å².